The topological polar surface area (TPSA) is 161 Å². The molecule has 1 saturated carbocycles. The molecule has 1 fully saturated rings. The number of ketones is 2. The fourth-order valence-corrected chi connectivity index (χ4v) is 5.50. The number of benzene rings is 1. The van der Waals surface area contributed by atoms with E-state index in [2.05, 4.69) is 0 Å². The summed E-state index contributed by atoms with van der Waals surface area (Å²) in [6, 6.07) is 3.71. The molecule has 0 aliphatic heterocycles. The maximum absolute atomic E-state index is 13.6. The molecule has 164 valence electrons. The fourth-order valence-electron chi connectivity index (χ4n) is 5.50. The third-order valence-electron chi connectivity index (χ3n) is 6.96. The summed E-state index contributed by atoms with van der Waals surface area (Å²) in [4.78, 5) is 40.2. The molecule has 1 aromatic rings. The summed E-state index contributed by atoms with van der Waals surface area (Å²) < 4.78 is 0. The van der Waals surface area contributed by atoms with Crippen LogP contribution in [0.25, 0.3) is 5.76 Å². The van der Waals surface area contributed by atoms with Gasteiger partial charge in [-0.2, -0.15) is 0 Å². The van der Waals surface area contributed by atoms with Gasteiger partial charge in [0.25, 0.3) is 5.91 Å². The quantitative estimate of drug-likeness (QED) is 0.336. The average Bonchev–Trinajstić information content (AvgIpc) is 2.68. The van der Waals surface area contributed by atoms with E-state index in [4.69, 9.17) is 5.73 Å². The number of nitrogens with zero attached hydrogens (tertiary/aromatic N) is 1. The second-order valence-corrected chi connectivity index (χ2v) is 8.70. The Morgan fingerprint density at radius 1 is 1.16 bits per heavy atom. The Morgan fingerprint density at radius 3 is 2.39 bits per heavy atom. The molecule has 0 spiro atoms. The number of hydrogen-bond donors (Lipinski definition) is 5. The minimum absolute atomic E-state index is 0.0720. The van der Waals surface area contributed by atoms with Crippen molar-refractivity contribution >= 4 is 23.2 Å². The summed E-state index contributed by atoms with van der Waals surface area (Å²) in [5.74, 6) is -6.87. The second kappa shape index (κ2) is 6.66. The van der Waals surface area contributed by atoms with Crippen molar-refractivity contribution < 1.29 is 34.8 Å². The largest absolute Gasteiger partial charge is 0.510 e. The first-order valence-electron chi connectivity index (χ1n) is 9.91. The summed E-state index contributed by atoms with van der Waals surface area (Å²) in [7, 11) is 3.17. The van der Waals surface area contributed by atoms with Crippen molar-refractivity contribution in [2.75, 3.05) is 14.1 Å². The van der Waals surface area contributed by atoms with Gasteiger partial charge in [0.1, 0.15) is 22.8 Å². The third-order valence-corrected chi connectivity index (χ3v) is 6.96. The maximum atomic E-state index is 13.6. The van der Waals surface area contributed by atoms with E-state index in [1.807, 2.05) is 6.92 Å². The van der Waals surface area contributed by atoms with Gasteiger partial charge in [-0.25, -0.2) is 0 Å². The Hall–Kier alpha value is -3.17. The van der Waals surface area contributed by atoms with Crippen LogP contribution in [0.15, 0.2) is 35.1 Å². The molecule has 9 heteroatoms. The molecule has 1 aromatic carbocycles. The van der Waals surface area contributed by atoms with Gasteiger partial charge in [0.2, 0.25) is 11.6 Å². The number of carbonyl (C=O) groups is 3. The number of aromatic hydroxyl groups is 1. The highest BCUT2D eigenvalue weighted by Crippen LogP contribution is 2.55. The van der Waals surface area contributed by atoms with Crippen LogP contribution in [0, 0.1) is 11.8 Å². The highest BCUT2D eigenvalue weighted by atomic mass is 16.3. The van der Waals surface area contributed by atoms with Crippen molar-refractivity contribution in [2.45, 2.75) is 30.9 Å². The van der Waals surface area contributed by atoms with Crippen LogP contribution in [0.4, 0.5) is 0 Å². The number of primary amides is 1. The summed E-state index contributed by atoms with van der Waals surface area (Å²) in [5.41, 5.74) is 2.32. The van der Waals surface area contributed by atoms with Gasteiger partial charge in [0.05, 0.1) is 11.6 Å². The predicted octanol–water partition coefficient (Wildman–Crippen LogP) is 0.525. The molecule has 0 aromatic heterocycles. The van der Waals surface area contributed by atoms with Crippen molar-refractivity contribution in [1.29, 1.82) is 0 Å². The molecule has 9 nitrogen and oxygen atoms in total. The van der Waals surface area contributed by atoms with Crippen molar-refractivity contribution in [3.8, 4) is 5.75 Å². The number of aliphatic hydroxyl groups is 3. The number of Topliss-reactive ketones (excluding diaryl/α,β-unsaturated/α-hetero) is 2. The van der Waals surface area contributed by atoms with Gasteiger partial charge in [-0.1, -0.05) is 19.1 Å². The lowest BCUT2D eigenvalue weighted by atomic mass is 9.55. The number of fused-ring (bicyclic) bond motifs is 3. The number of aliphatic hydroxyl groups excluding tert-OH is 2. The van der Waals surface area contributed by atoms with Gasteiger partial charge in [-0.05, 0) is 44.0 Å². The smallest absolute Gasteiger partial charge is 0.255 e. The number of nitrogens with two attached hydrogens (primary N) is 1. The molecule has 1 amide bonds. The van der Waals surface area contributed by atoms with Crippen LogP contribution in [0.3, 0.4) is 0 Å². The Bertz CT molecular complexity index is 1100. The van der Waals surface area contributed by atoms with E-state index in [1.54, 1.807) is 26.2 Å². The molecule has 0 unspecified atom stereocenters. The summed E-state index contributed by atoms with van der Waals surface area (Å²) in [5, 5.41) is 43.4. The Balaban J connectivity index is 1.99. The zero-order valence-corrected chi connectivity index (χ0v) is 17.3. The molecular weight excluding hydrogens is 404 g/mol. The van der Waals surface area contributed by atoms with E-state index in [0.717, 1.165) is 0 Å². The van der Waals surface area contributed by atoms with E-state index < -0.39 is 58.0 Å². The maximum Gasteiger partial charge on any atom is 0.255 e. The number of carbonyl (C=O) groups excluding carboxylic acids is 3. The van der Waals surface area contributed by atoms with Crippen molar-refractivity contribution in [2.24, 2.45) is 17.6 Å². The third kappa shape index (κ3) is 2.53. The van der Waals surface area contributed by atoms with Crippen LogP contribution in [-0.4, -0.2) is 68.5 Å². The van der Waals surface area contributed by atoms with E-state index in [1.165, 1.54) is 11.0 Å². The van der Waals surface area contributed by atoms with Crippen LogP contribution in [0.2, 0.25) is 0 Å². The zero-order chi connectivity index (χ0) is 23.0. The number of phenolic OH excluding ortho intramolecular Hbond substituents is 1. The molecule has 3 aliphatic carbocycles. The van der Waals surface area contributed by atoms with Crippen molar-refractivity contribution in [3.63, 3.8) is 0 Å². The highest BCUT2D eigenvalue weighted by Gasteiger charge is 2.65. The molecule has 3 aliphatic rings. The Labute approximate surface area is 178 Å². The number of rotatable bonds is 2. The minimum atomic E-state index is -2.69. The highest BCUT2D eigenvalue weighted by molar-refractivity contribution is 6.33. The molecule has 0 radical (unpaired) electrons. The van der Waals surface area contributed by atoms with E-state index in [-0.39, 0.29) is 29.2 Å². The zero-order valence-electron chi connectivity index (χ0n) is 17.3. The van der Waals surface area contributed by atoms with Gasteiger partial charge < -0.3 is 26.2 Å². The van der Waals surface area contributed by atoms with Crippen LogP contribution >= 0.6 is 0 Å². The summed E-state index contributed by atoms with van der Waals surface area (Å²) in [6.07, 6.45) is 0.0720. The van der Waals surface area contributed by atoms with Crippen LogP contribution < -0.4 is 5.73 Å². The lowest BCUT2D eigenvalue weighted by Crippen LogP contribution is -2.67. The van der Waals surface area contributed by atoms with Crippen molar-refractivity contribution in [3.05, 3.63) is 46.2 Å². The van der Waals surface area contributed by atoms with Crippen molar-refractivity contribution in [1.82, 2.24) is 4.90 Å². The normalized spacial score (nSPS) is 32.7. The first-order valence-corrected chi connectivity index (χ1v) is 9.91. The number of amides is 1. The summed E-state index contributed by atoms with van der Waals surface area (Å²) in [6.45, 7) is 1.83. The number of hydrogen-bond acceptors (Lipinski definition) is 8. The minimum Gasteiger partial charge on any atom is -0.510 e. The van der Waals surface area contributed by atoms with Gasteiger partial charge in [0.15, 0.2) is 5.60 Å². The molecule has 4 rings (SSSR count). The molecule has 0 bridgehead atoms. The second-order valence-electron chi connectivity index (χ2n) is 8.70. The SMILES string of the molecule is C[C@H]1c2cccc(O)c2C(O)=C2C(=O)[C@]3(O)C(=O)C(C(N)=O)=C(O)[C@@H](N(C)C)[C@@H]3C[C@@H]21. The standard InChI is InChI=1S/C22H24N2O7/c1-8-9-5-4-6-12(25)13(9)17(26)14-10(8)7-11-16(24(2)3)18(27)15(21(23)30)20(29)22(11,31)19(14)28/h4-6,8,10-11,16,25-27,31H,7H2,1-3H3,(H2,23,30)/t8-,10+,11-,16-,22-/m0/s1. The fraction of sp³-hybridized carbons (Fsp3) is 0.409. The monoisotopic (exact) mass is 428 g/mol. The molecule has 6 N–H and O–H groups in total. The molecule has 0 saturated heterocycles. The molecule has 5 atom stereocenters. The lowest BCUT2D eigenvalue weighted by molar-refractivity contribution is -0.162. The molecule has 0 heterocycles. The predicted molar refractivity (Wildman–Crippen MR) is 109 cm³/mol. The van der Waals surface area contributed by atoms with Gasteiger partial charge in [-0.15, -0.1) is 0 Å². The first-order chi connectivity index (χ1) is 14.4. The van der Waals surface area contributed by atoms with Gasteiger partial charge in [0, 0.05) is 11.5 Å². The first kappa shape index (κ1) is 21.1. The molecule has 31 heavy (non-hydrogen) atoms. The number of phenols is 1. The molecular formula is C22H24N2O7. The van der Waals surface area contributed by atoms with Gasteiger partial charge >= 0.3 is 0 Å². The Kier molecular flexibility index (Phi) is 4.53. The Morgan fingerprint density at radius 2 is 1.81 bits per heavy atom. The van der Waals surface area contributed by atoms with Crippen LogP contribution in [0.1, 0.15) is 30.4 Å². The number of likely N-dealkylation sites (N-methyl/N-ethyl adjacent to an activating group) is 1. The van der Waals surface area contributed by atoms with E-state index >= 15 is 0 Å². The lowest BCUT2D eigenvalue weighted by Gasteiger charge is -2.51. The van der Waals surface area contributed by atoms with Gasteiger partial charge in [-0.3, -0.25) is 19.3 Å². The van der Waals surface area contributed by atoms with Crippen LogP contribution in [0.5, 0.6) is 5.75 Å². The average molecular weight is 428 g/mol. The van der Waals surface area contributed by atoms with Crippen LogP contribution in [-0.2, 0) is 14.4 Å². The van der Waals surface area contributed by atoms with E-state index in [9.17, 15) is 34.8 Å². The summed E-state index contributed by atoms with van der Waals surface area (Å²) >= 11 is 0. The van der Waals surface area contributed by atoms with E-state index in [0.29, 0.717) is 5.56 Å².